The van der Waals surface area contributed by atoms with Gasteiger partial charge in [-0.1, -0.05) is 77.0 Å². The maximum absolute atomic E-state index is 6.13. The molecule has 0 aliphatic carbocycles. The van der Waals surface area contributed by atoms with E-state index < -0.39 is 0 Å². The third-order valence-corrected chi connectivity index (χ3v) is 7.59. The fourth-order valence-corrected chi connectivity index (χ4v) is 5.52. The van der Waals surface area contributed by atoms with Crippen LogP contribution in [0.15, 0.2) is 54.9 Å². The molecule has 0 atom stereocenters. The highest BCUT2D eigenvalue weighted by molar-refractivity contribution is 5.61. The zero-order valence-electron chi connectivity index (χ0n) is 22.2. The Morgan fingerprint density at radius 1 is 0.800 bits per heavy atom. The van der Waals surface area contributed by atoms with Gasteiger partial charge in [0.1, 0.15) is 5.75 Å². The summed E-state index contributed by atoms with van der Waals surface area (Å²) < 4.78 is 8.39. The highest BCUT2D eigenvalue weighted by Gasteiger charge is 2.14. The first-order chi connectivity index (χ1) is 17.2. The van der Waals surface area contributed by atoms with Crippen LogP contribution in [0.2, 0.25) is 0 Å². The van der Waals surface area contributed by atoms with Crippen molar-refractivity contribution in [1.29, 1.82) is 0 Å². The molecule has 3 heterocycles. The van der Waals surface area contributed by atoms with Gasteiger partial charge in [-0.3, -0.25) is 0 Å². The fraction of sp³-hybridized carbons (Fsp3) is 0.562. The summed E-state index contributed by atoms with van der Waals surface area (Å²) in [5.41, 5.74) is 5.55. The van der Waals surface area contributed by atoms with Crippen LogP contribution in [-0.4, -0.2) is 35.5 Å². The monoisotopic (exact) mass is 474 g/mol. The van der Waals surface area contributed by atoms with Crippen molar-refractivity contribution < 1.29 is 4.74 Å². The van der Waals surface area contributed by atoms with Crippen molar-refractivity contribution in [2.75, 3.05) is 26.2 Å². The van der Waals surface area contributed by atoms with E-state index in [2.05, 4.69) is 78.0 Å². The third kappa shape index (κ3) is 7.87. The molecule has 1 saturated heterocycles. The molecule has 1 aliphatic heterocycles. The summed E-state index contributed by atoms with van der Waals surface area (Å²) in [5.74, 6) is 1.51. The van der Waals surface area contributed by atoms with Gasteiger partial charge in [-0.15, -0.1) is 0 Å². The highest BCUT2D eigenvalue weighted by Crippen LogP contribution is 2.28. The Bertz CT molecular complexity index is 992. The van der Waals surface area contributed by atoms with Crippen LogP contribution in [0.5, 0.6) is 5.75 Å². The number of nitrogens with zero attached hydrogens (tertiary/aromatic N) is 2. The van der Waals surface area contributed by atoms with E-state index in [0.717, 1.165) is 31.7 Å². The van der Waals surface area contributed by atoms with Crippen LogP contribution in [0, 0.1) is 0 Å². The lowest BCUT2D eigenvalue weighted by atomic mass is 9.96. The van der Waals surface area contributed by atoms with Gasteiger partial charge in [0.2, 0.25) is 0 Å². The van der Waals surface area contributed by atoms with Crippen molar-refractivity contribution in [3.05, 3.63) is 71.5 Å². The number of hydrogen-bond donors (Lipinski definition) is 0. The van der Waals surface area contributed by atoms with Crippen molar-refractivity contribution in [1.82, 2.24) is 9.30 Å². The van der Waals surface area contributed by atoms with E-state index in [0.29, 0.717) is 5.92 Å². The van der Waals surface area contributed by atoms with Gasteiger partial charge in [-0.05, 0) is 85.6 Å². The van der Waals surface area contributed by atoms with Crippen molar-refractivity contribution in [3.63, 3.8) is 0 Å². The molecule has 0 radical (unpaired) electrons. The minimum atomic E-state index is 0.517. The van der Waals surface area contributed by atoms with Crippen molar-refractivity contribution in [3.8, 4) is 5.75 Å². The molecule has 1 aromatic carbocycles. The van der Waals surface area contributed by atoms with E-state index in [1.807, 2.05) is 0 Å². The number of aromatic nitrogens is 1. The summed E-state index contributed by atoms with van der Waals surface area (Å²) in [4.78, 5) is 2.68. The molecule has 0 amide bonds. The Kier molecular flexibility index (Phi) is 10.1. The first-order valence-corrected chi connectivity index (χ1v) is 14.2. The summed E-state index contributed by atoms with van der Waals surface area (Å²) in [7, 11) is 0. The maximum Gasteiger partial charge on any atom is 0.119 e. The average Bonchev–Trinajstić information content (AvgIpc) is 3.23. The number of hydrogen-bond acceptors (Lipinski definition) is 2. The molecule has 190 valence electrons. The Morgan fingerprint density at radius 2 is 1.46 bits per heavy atom. The van der Waals surface area contributed by atoms with E-state index in [1.54, 1.807) is 0 Å². The molecule has 3 aromatic rings. The second-order valence-electron chi connectivity index (χ2n) is 10.8. The lowest BCUT2D eigenvalue weighted by molar-refractivity contribution is 0.225. The van der Waals surface area contributed by atoms with Gasteiger partial charge in [0.25, 0.3) is 0 Å². The van der Waals surface area contributed by atoms with E-state index in [9.17, 15) is 0 Å². The molecule has 0 unspecified atom stereocenters. The van der Waals surface area contributed by atoms with Crippen molar-refractivity contribution in [2.24, 2.45) is 0 Å². The third-order valence-electron chi connectivity index (χ3n) is 7.59. The molecular formula is C32H46N2O. The van der Waals surface area contributed by atoms with E-state index in [-0.39, 0.29) is 0 Å². The summed E-state index contributed by atoms with van der Waals surface area (Å²) in [6, 6.07) is 15.3. The Balaban J connectivity index is 1.25. The largest absolute Gasteiger partial charge is 0.494 e. The summed E-state index contributed by atoms with van der Waals surface area (Å²) in [6.07, 6.45) is 19.2. The fourth-order valence-electron chi connectivity index (χ4n) is 5.52. The predicted octanol–water partition coefficient (Wildman–Crippen LogP) is 8.25. The zero-order chi connectivity index (χ0) is 24.3. The topological polar surface area (TPSA) is 16.9 Å². The lowest BCUT2D eigenvalue weighted by Gasteiger charge is -2.23. The van der Waals surface area contributed by atoms with Crippen LogP contribution < -0.4 is 4.74 Å². The number of rotatable bonds is 8. The van der Waals surface area contributed by atoms with Crippen molar-refractivity contribution in [2.45, 2.75) is 90.4 Å². The quantitative estimate of drug-likeness (QED) is 0.306. The standard InChI is InChI=1S/C32H46N2O/c1-27(2)31-26-34-23-13-10-15-32(34)30(31)25-28-16-18-29(19-17-28)35-24-14-22-33-20-11-8-6-4-3-5-7-9-12-21-33/h10,13,15-19,23,26-27H,3-9,11-12,14,20-22,24-25H2,1-2H3. The summed E-state index contributed by atoms with van der Waals surface area (Å²) in [5, 5.41) is 0. The van der Waals surface area contributed by atoms with Crippen molar-refractivity contribution >= 4 is 5.52 Å². The number of benzene rings is 1. The molecule has 4 rings (SSSR count). The number of fused-ring (bicyclic) bond motifs is 1. The summed E-state index contributed by atoms with van der Waals surface area (Å²) in [6.45, 7) is 9.07. The van der Waals surface area contributed by atoms with Crippen LogP contribution in [-0.2, 0) is 6.42 Å². The van der Waals surface area contributed by atoms with Gasteiger partial charge in [-0.2, -0.15) is 0 Å². The van der Waals surface area contributed by atoms with Gasteiger partial charge in [0.05, 0.1) is 6.61 Å². The maximum atomic E-state index is 6.13. The second kappa shape index (κ2) is 13.7. The van der Waals surface area contributed by atoms with Crippen LogP contribution in [0.3, 0.4) is 0 Å². The van der Waals surface area contributed by atoms with E-state index >= 15 is 0 Å². The molecule has 0 bridgehead atoms. The molecule has 0 spiro atoms. The van der Waals surface area contributed by atoms with Gasteiger partial charge in [0, 0.05) is 24.5 Å². The molecule has 0 N–H and O–H groups in total. The van der Waals surface area contributed by atoms with Gasteiger partial charge in [-0.25, -0.2) is 0 Å². The van der Waals surface area contributed by atoms with Gasteiger partial charge >= 0.3 is 0 Å². The number of pyridine rings is 1. The zero-order valence-corrected chi connectivity index (χ0v) is 22.2. The number of ether oxygens (including phenoxy) is 1. The van der Waals surface area contributed by atoms with Crippen LogP contribution >= 0.6 is 0 Å². The SMILES string of the molecule is CC(C)c1cn2ccccc2c1Cc1ccc(OCCCN2CCCCCCCCCCC2)cc1. The normalized spacial score (nSPS) is 16.8. The Labute approximate surface area is 213 Å². The van der Waals surface area contributed by atoms with Crippen LogP contribution in [0.1, 0.15) is 101 Å². The molecule has 2 aromatic heterocycles. The molecule has 3 heteroatoms. The van der Waals surface area contributed by atoms with Crippen LogP contribution in [0.4, 0.5) is 0 Å². The molecular weight excluding hydrogens is 428 g/mol. The smallest absolute Gasteiger partial charge is 0.119 e. The molecule has 35 heavy (non-hydrogen) atoms. The predicted molar refractivity (Wildman–Crippen MR) is 149 cm³/mol. The molecule has 0 saturated carbocycles. The Hall–Kier alpha value is -2.26. The van der Waals surface area contributed by atoms with Gasteiger partial charge in [0.15, 0.2) is 0 Å². The molecule has 3 nitrogen and oxygen atoms in total. The lowest BCUT2D eigenvalue weighted by Crippen LogP contribution is -2.28. The average molecular weight is 475 g/mol. The first-order valence-electron chi connectivity index (χ1n) is 14.2. The van der Waals surface area contributed by atoms with E-state index in [4.69, 9.17) is 4.74 Å². The second-order valence-corrected chi connectivity index (χ2v) is 10.8. The first kappa shape index (κ1) is 25.8. The molecule has 1 fully saturated rings. The van der Waals surface area contributed by atoms with E-state index in [1.165, 1.54) is 93.1 Å². The highest BCUT2D eigenvalue weighted by atomic mass is 16.5. The van der Waals surface area contributed by atoms with Gasteiger partial charge < -0.3 is 14.0 Å². The molecule has 1 aliphatic rings. The minimum absolute atomic E-state index is 0.517. The van der Waals surface area contributed by atoms with Crippen LogP contribution in [0.25, 0.3) is 5.52 Å². The summed E-state index contributed by atoms with van der Waals surface area (Å²) >= 11 is 0. The Morgan fingerprint density at radius 3 is 2.11 bits per heavy atom. The minimum Gasteiger partial charge on any atom is -0.494 e.